The Morgan fingerprint density at radius 3 is 2.43 bits per heavy atom. The van der Waals surface area contributed by atoms with E-state index in [0.29, 0.717) is 6.61 Å². The van der Waals surface area contributed by atoms with Crippen LogP contribution in [0.3, 0.4) is 0 Å². The minimum absolute atomic E-state index is 0.0789. The van der Waals surface area contributed by atoms with Crippen LogP contribution in [0.5, 0.6) is 0 Å². The average molecular weight is 317 g/mol. The number of thioether (sulfide) groups is 1. The van der Waals surface area contributed by atoms with Crippen LogP contribution in [0.4, 0.5) is 0 Å². The number of ether oxygens (including phenoxy) is 1. The number of esters is 1. The maximum Gasteiger partial charge on any atom is 0.327 e. The predicted octanol–water partition coefficient (Wildman–Crippen LogP) is 2.38. The molecule has 0 bridgehead atoms. The van der Waals surface area contributed by atoms with Gasteiger partial charge >= 0.3 is 5.97 Å². The van der Waals surface area contributed by atoms with Crippen molar-refractivity contribution in [2.24, 2.45) is 5.41 Å². The highest BCUT2D eigenvalue weighted by Crippen LogP contribution is 2.39. The zero-order valence-electron chi connectivity index (χ0n) is 14.3. The molecule has 1 unspecified atom stereocenters. The van der Waals surface area contributed by atoms with Crippen molar-refractivity contribution in [2.45, 2.75) is 46.6 Å². The van der Waals surface area contributed by atoms with Crippen LogP contribution in [-0.4, -0.2) is 60.7 Å². The van der Waals surface area contributed by atoms with Gasteiger partial charge < -0.3 is 9.64 Å². The van der Waals surface area contributed by atoms with Gasteiger partial charge in [0, 0.05) is 18.8 Å². The predicted molar refractivity (Wildman–Crippen MR) is 90.9 cm³/mol. The summed E-state index contributed by atoms with van der Waals surface area (Å²) in [6.45, 7) is 15.0. The van der Waals surface area contributed by atoms with Gasteiger partial charge in [0.1, 0.15) is 5.54 Å². The number of nitrogens with one attached hydrogen (secondary N) is 1. The fourth-order valence-electron chi connectivity index (χ4n) is 3.00. The highest BCUT2D eigenvalue weighted by Gasteiger charge is 2.46. The molecule has 1 aliphatic heterocycles. The maximum atomic E-state index is 12.5. The summed E-state index contributed by atoms with van der Waals surface area (Å²) in [6.07, 6.45) is 0.851. The second kappa shape index (κ2) is 8.39. The number of rotatable bonds is 8. The molecule has 4 nitrogen and oxygen atoms in total. The minimum Gasteiger partial charge on any atom is -0.465 e. The summed E-state index contributed by atoms with van der Waals surface area (Å²) in [5.41, 5.74) is -0.354. The van der Waals surface area contributed by atoms with Gasteiger partial charge in [-0.3, -0.25) is 10.1 Å². The van der Waals surface area contributed by atoms with E-state index in [1.807, 2.05) is 18.7 Å². The van der Waals surface area contributed by atoms with Gasteiger partial charge in [-0.15, -0.1) is 0 Å². The van der Waals surface area contributed by atoms with Gasteiger partial charge in [-0.2, -0.15) is 11.8 Å². The monoisotopic (exact) mass is 316 g/mol. The van der Waals surface area contributed by atoms with Gasteiger partial charge in [0.25, 0.3) is 0 Å². The fraction of sp³-hybridized carbons (Fsp3) is 0.938. The van der Waals surface area contributed by atoms with Crippen LogP contribution in [0.15, 0.2) is 0 Å². The number of likely N-dealkylation sites (N-methyl/N-ethyl adjacent to an activating group) is 1. The molecule has 0 aliphatic carbocycles. The number of nitrogens with zero attached hydrogens (tertiary/aromatic N) is 1. The molecular formula is C16H32N2O2S. The lowest BCUT2D eigenvalue weighted by molar-refractivity contribution is -0.151. The Morgan fingerprint density at radius 2 is 1.90 bits per heavy atom. The summed E-state index contributed by atoms with van der Waals surface area (Å²) in [4.78, 5) is 14.9. The SMILES string of the molecule is CCOC(=O)C1(NCCN(CC)CC)CSCC(C)(C)C1. The minimum atomic E-state index is -0.518. The summed E-state index contributed by atoms with van der Waals surface area (Å²) in [5.74, 6) is 1.84. The van der Waals surface area contributed by atoms with Crippen molar-refractivity contribution < 1.29 is 9.53 Å². The van der Waals surface area contributed by atoms with E-state index in [1.54, 1.807) is 0 Å². The van der Waals surface area contributed by atoms with Gasteiger partial charge in [0.15, 0.2) is 0 Å². The highest BCUT2D eigenvalue weighted by molar-refractivity contribution is 7.99. The summed E-state index contributed by atoms with van der Waals surface area (Å²) >= 11 is 1.86. The van der Waals surface area contributed by atoms with E-state index in [2.05, 4.69) is 37.9 Å². The molecule has 1 aliphatic rings. The molecule has 0 saturated carbocycles. The Hall–Kier alpha value is -0.260. The van der Waals surface area contributed by atoms with Crippen molar-refractivity contribution >= 4 is 17.7 Å². The lowest BCUT2D eigenvalue weighted by Gasteiger charge is -2.43. The lowest BCUT2D eigenvalue weighted by atomic mass is 9.79. The summed E-state index contributed by atoms with van der Waals surface area (Å²) in [5, 5.41) is 3.54. The van der Waals surface area contributed by atoms with Crippen LogP contribution in [-0.2, 0) is 9.53 Å². The molecule has 1 saturated heterocycles. The van der Waals surface area contributed by atoms with Crippen molar-refractivity contribution in [1.82, 2.24) is 10.2 Å². The molecule has 0 aromatic carbocycles. The van der Waals surface area contributed by atoms with Crippen LogP contribution in [0, 0.1) is 5.41 Å². The Kier molecular flexibility index (Phi) is 7.51. The van der Waals surface area contributed by atoms with E-state index in [0.717, 1.165) is 44.1 Å². The normalized spacial score (nSPS) is 25.0. The second-order valence-electron chi connectivity index (χ2n) is 6.59. The molecule has 0 spiro atoms. The number of hydrogen-bond acceptors (Lipinski definition) is 5. The van der Waals surface area contributed by atoms with Gasteiger partial charge in [-0.25, -0.2) is 0 Å². The van der Waals surface area contributed by atoms with Crippen LogP contribution in [0.25, 0.3) is 0 Å². The first-order valence-corrected chi connectivity index (χ1v) is 9.27. The molecule has 1 atom stereocenters. The standard InChI is InChI=1S/C16H32N2O2S/c1-6-18(7-2)10-9-17-16(14(19)20-8-3)11-15(4,5)12-21-13-16/h17H,6-13H2,1-5H3. The van der Waals surface area contributed by atoms with Crippen LogP contribution in [0.1, 0.15) is 41.0 Å². The third-order valence-corrected chi connectivity index (χ3v) is 5.76. The Labute approximate surface area is 134 Å². The molecular weight excluding hydrogens is 284 g/mol. The second-order valence-corrected chi connectivity index (χ2v) is 7.58. The van der Waals surface area contributed by atoms with Crippen molar-refractivity contribution in [1.29, 1.82) is 0 Å². The number of carbonyl (C=O) groups is 1. The van der Waals surface area contributed by atoms with Crippen molar-refractivity contribution in [3.8, 4) is 0 Å². The molecule has 1 heterocycles. The highest BCUT2D eigenvalue weighted by atomic mass is 32.2. The molecule has 21 heavy (non-hydrogen) atoms. The van der Waals surface area contributed by atoms with E-state index in [1.165, 1.54) is 0 Å². The average Bonchev–Trinajstić information content (AvgIpc) is 2.43. The van der Waals surface area contributed by atoms with Gasteiger partial charge in [-0.05, 0) is 37.6 Å². The summed E-state index contributed by atoms with van der Waals surface area (Å²) in [6, 6.07) is 0. The van der Waals surface area contributed by atoms with Crippen LogP contribution < -0.4 is 5.32 Å². The first-order chi connectivity index (χ1) is 9.89. The molecule has 1 rings (SSSR count). The Balaban J connectivity index is 2.71. The molecule has 0 amide bonds. The molecule has 0 aromatic rings. The van der Waals surface area contributed by atoms with Crippen LogP contribution in [0.2, 0.25) is 0 Å². The third-order valence-electron chi connectivity index (χ3n) is 4.07. The third kappa shape index (κ3) is 5.46. The van der Waals surface area contributed by atoms with Gasteiger partial charge in [-0.1, -0.05) is 27.7 Å². The zero-order valence-corrected chi connectivity index (χ0v) is 15.1. The van der Waals surface area contributed by atoms with E-state index in [9.17, 15) is 4.79 Å². The van der Waals surface area contributed by atoms with Crippen LogP contribution >= 0.6 is 11.8 Å². The van der Waals surface area contributed by atoms with Crippen molar-refractivity contribution in [3.63, 3.8) is 0 Å². The van der Waals surface area contributed by atoms with E-state index < -0.39 is 5.54 Å². The van der Waals surface area contributed by atoms with E-state index >= 15 is 0 Å². The molecule has 1 fully saturated rings. The molecule has 124 valence electrons. The van der Waals surface area contributed by atoms with E-state index in [4.69, 9.17) is 4.74 Å². The fourth-order valence-corrected chi connectivity index (χ4v) is 4.43. The van der Waals surface area contributed by atoms with Crippen molar-refractivity contribution in [2.75, 3.05) is 44.3 Å². The van der Waals surface area contributed by atoms with E-state index in [-0.39, 0.29) is 11.4 Å². The molecule has 0 radical (unpaired) electrons. The molecule has 1 N–H and O–H groups in total. The lowest BCUT2D eigenvalue weighted by Crippen LogP contribution is -2.60. The topological polar surface area (TPSA) is 41.6 Å². The summed E-state index contributed by atoms with van der Waals surface area (Å²) in [7, 11) is 0. The summed E-state index contributed by atoms with van der Waals surface area (Å²) < 4.78 is 5.36. The first kappa shape index (κ1) is 18.8. The number of carbonyl (C=O) groups excluding carboxylic acids is 1. The number of hydrogen-bond donors (Lipinski definition) is 1. The Morgan fingerprint density at radius 1 is 1.24 bits per heavy atom. The zero-order chi connectivity index (χ0) is 15.9. The quantitative estimate of drug-likeness (QED) is 0.696. The largest absolute Gasteiger partial charge is 0.465 e. The molecule has 5 heteroatoms. The smallest absolute Gasteiger partial charge is 0.327 e. The van der Waals surface area contributed by atoms with Crippen molar-refractivity contribution in [3.05, 3.63) is 0 Å². The molecule has 0 aromatic heterocycles. The van der Waals surface area contributed by atoms with Gasteiger partial charge in [0.2, 0.25) is 0 Å². The van der Waals surface area contributed by atoms with Gasteiger partial charge in [0.05, 0.1) is 6.61 Å². The first-order valence-electron chi connectivity index (χ1n) is 8.11. The Bertz CT molecular complexity index is 332. The maximum absolute atomic E-state index is 12.5.